The normalized spacial score (nSPS) is 10.8. The lowest BCUT2D eigenvalue weighted by Crippen LogP contribution is -2.13. The van der Waals surface area contributed by atoms with Crippen LogP contribution in [0.2, 0.25) is 10.0 Å². The Hall–Kier alpha value is -4.50. The van der Waals surface area contributed by atoms with Crippen molar-refractivity contribution in [2.75, 3.05) is 9.80 Å². The van der Waals surface area contributed by atoms with Crippen molar-refractivity contribution in [1.82, 2.24) is 0 Å². The number of hydrogen-bond donors (Lipinski definition) is 0. The summed E-state index contributed by atoms with van der Waals surface area (Å²) in [6, 6.07) is 53.9. The predicted octanol–water partition coefficient (Wildman–Crippen LogP) is 11.6. The monoisotopic (exact) mass is 556 g/mol. The first-order valence-corrected chi connectivity index (χ1v) is 13.8. The van der Waals surface area contributed by atoms with Crippen LogP contribution >= 0.6 is 23.2 Å². The highest BCUT2D eigenvalue weighted by Crippen LogP contribution is 2.44. The number of nitrogens with zero attached hydrogens (tertiary/aromatic N) is 2. The Morgan fingerprint density at radius 2 is 0.800 bits per heavy atom. The zero-order valence-corrected chi connectivity index (χ0v) is 23.2. The summed E-state index contributed by atoms with van der Waals surface area (Å²) >= 11 is 13.3. The number of benzene rings is 6. The Bertz CT molecular complexity index is 1660. The Labute approximate surface area is 245 Å². The topological polar surface area (TPSA) is 6.48 Å². The van der Waals surface area contributed by atoms with E-state index in [0.29, 0.717) is 10.0 Å². The molecule has 0 aliphatic heterocycles. The van der Waals surface area contributed by atoms with Crippen LogP contribution in [0, 0.1) is 0 Å². The fourth-order valence-corrected chi connectivity index (χ4v) is 5.28. The van der Waals surface area contributed by atoms with Crippen LogP contribution in [0.4, 0.5) is 34.1 Å². The Kier molecular flexibility index (Phi) is 7.54. The number of rotatable bonds is 7. The molecular formula is C36H26Cl2N2. The van der Waals surface area contributed by atoms with Gasteiger partial charge in [-0.15, -0.1) is 0 Å². The van der Waals surface area contributed by atoms with Crippen molar-refractivity contribution in [3.05, 3.63) is 168 Å². The minimum atomic E-state index is 0.504. The van der Waals surface area contributed by atoms with Gasteiger partial charge in [-0.25, -0.2) is 0 Å². The van der Waals surface area contributed by atoms with Crippen LogP contribution < -0.4 is 9.80 Å². The Morgan fingerprint density at radius 3 is 1.40 bits per heavy atom. The average molecular weight is 558 g/mol. The van der Waals surface area contributed by atoms with E-state index in [-0.39, 0.29) is 0 Å². The van der Waals surface area contributed by atoms with Gasteiger partial charge in [-0.1, -0.05) is 114 Å². The molecule has 0 aromatic heterocycles. The van der Waals surface area contributed by atoms with Crippen molar-refractivity contribution in [2.45, 2.75) is 0 Å². The molecule has 0 N–H and O–H groups in total. The maximum absolute atomic E-state index is 6.83. The zero-order chi connectivity index (χ0) is 27.3. The molecule has 0 aliphatic carbocycles. The van der Waals surface area contributed by atoms with Crippen LogP contribution in [0.5, 0.6) is 0 Å². The number of hydrogen-bond acceptors (Lipinski definition) is 2. The summed E-state index contributed by atoms with van der Waals surface area (Å²) in [5.74, 6) is 0. The highest BCUT2D eigenvalue weighted by Gasteiger charge is 2.19. The molecule has 6 aromatic carbocycles. The Morgan fingerprint density at radius 1 is 0.350 bits per heavy atom. The third kappa shape index (κ3) is 5.33. The van der Waals surface area contributed by atoms with E-state index >= 15 is 0 Å². The van der Waals surface area contributed by atoms with E-state index in [2.05, 4.69) is 131 Å². The van der Waals surface area contributed by atoms with Crippen molar-refractivity contribution in [3.8, 4) is 11.1 Å². The first-order valence-electron chi connectivity index (χ1n) is 13.1. The van der Waals surface area contributed by atoms with E-state index in [1.807, 2.05) is 36.4 Å². The van der Waals surface area contributed by atoms with Gasteiger partial charge in [-0.3, -0.25) is 0 Å². The molecule has 0 fully saturated rings. The van der Waals surface area contributed by atoms with Gasteiger partial charge >= 0.3 is 0 Å². The third-order valence-electron chi connectivity index (χ3n) is 6.78. The standard InChI is InChI=1S/C36H26Cl2N2/c37-34-20-11-21-35(36(34)38)40(31-24-22-28(23-25-31)27-12-4-1-5-13-27)33-19-10-18-32(26-33)39(29-14-6-2-7-15-29)30-16-8-3-9-17-30/h1-26H. The maximum atomic E-state index is 6.83. The Balaban J connectivity index is 1.49. The molecule has 6 rings (SSSR count). The smallest absolute Gasteiger partial charge is 0.0832 e. The molecule has 0 spiro atoms. The average Bonchev–Trinajstić information content (AvgIpc) is 3.02. The predicted molar refractivity (Wildman–Crippen MR) is 171 cm³/mol. The summed E-state index contributed by atoms with van der Waals surface area (Å²) < 4.78 is 0. The molecule has 2 nitrogen and oxygen atoms in total. The zero-order valence-electron chi connectivity index (χ0n) is 21.7. The highest BCUT2D eigenvalue weighted by molar-refractivity contribution is 6.44. The molecular weight excluding hydrogens is 531 g/mol. The SMILES string of the molecule is Clc1cccc(N(c2ccc(-c3ccccc3)cc2)c2cccc(N(c3ccccc3)c3ccccc3)c2)c1Cl. The van der Waals surface area contributed by atoms with Crippen LogP contribution in [0.25, 0.3) is 11.1 Å². The van der Waals surface area contributed by atoms with Crippen LogP contribution in [0.15, 0.2) is 158 Å². The van der Waals surface area contributed by atoms with E-state index in [1.165, 1.54) is 5.56 Å². The van der Waals surface area contributed by atoms with Gasteiger partial charge in [0.25, 0.3) is 0 Å². The van der Waals surface area contributed by atoms with Crippen molar-refractivity contribution >= 4 is 57.3 Å². The molecule has 6 aromatic rings. The number of para-hydroxylation sites is 2. The summed E-state index contributed by atoms with van der Waals surface area (Å²) in [6.45, 7) is 0. The summed E-state index contributed by atoms with van der Waals surface area (Å²) in [5, 5.41) is 1.01. The summed E-state index contributed by atoms with van der Waals surface area (Å²) in [6.07, 6.45) is 0. The lowest BCUT2D eigenvalue weighted by atomic mass is 10.0. The van der Waals surface area contributed by atoms with Crippen molar-refractivity contribution in [3.63, 3.8) is 0 Å². The lowest BCUT2D eigenvalue weighted by molar-refractivity contribution is 1.25. The van der Waals surface area contributed by atoms with E-state index in [1.54, 1.807) is 0 Å². The molecule has 0 atom stereocenters. The summed E-state index contributed by atoms with van der Waals surface area (Å²) in [5.41, 5.74) is 8.25. The van der Waals surface area contributed by atoms with Crippen LogP contribution in [0.1, 0.15) is 0 Å². The second kappa shape index (κ2) is 11.7. The van der Waals surface area contributed by atoms with E-state index in [4.69, 9.17) is 23.2 Å². The third-order valence-corrected chi connectivity index (χ3v) is 7.59. The summed E-state index contributed by atoms with van der Waals surface area (Å²) in [7, 11) is 0. The second-order valence-electron chi connectivity index (χ2n) is 9.35. The van der Waals surface area contributed by atoms with Gasteiger partial charge in [0.15, 0.2) is 0 Å². The van der Waals surface area contributed by atoms with Crippen molar-refractivity contribution in [2.24, 2.45) is 0 Å². The molecule has 0 saturated heterocycles. The van der Waals surface area contributed by atoms with Crippen LogP contribution in [0.3, 0.4) is 0 Å². The molecule has 40 heavy (non-hydrogen) atoms. The molecule has 0 saturated carbocycles. The maximum Gasteiger partial charge on any atom is 0.0832 e. The molecule has 0 aliphatic rings. The molecule has 0 unspecified atom stereocenters. The van der Waals surface area contributed by atoms with Gasteiger partial charge in [-0.2, -0.15) is 0 Å². The lowest BCUT2D eigenvalue weighted by Gasteiger charge is -2.30. The highest BCUT2D eigenvalue weighted by atomic mass is 35.5. The molecule has 0 bridgehead atoms. The largest absolute Gasteiger partial charge is 0.310 e. The van der Waals surface area contributed by atoms with Gasteiger partial charge in [-0.05, 0) is 77.9 Å². The van der Waals surface area contributed by atoms with Gasteiger partial charge in [0.05, 0.1) is 15.7 Å². The fraction of sp³-hybridized carbons (Fsp3) is 0. The minimum absolute atomic E-state index is 0.504. The van der Waals surface area contributed by atoms with E-state index in [0.717, 1.165) is 39.7 Å². The number of anilines is 6. The fourth-order valence-electron chi connectivity index (χ4n) is 4.90. The van der Waals surface area contributed by atoms with Crippen LogP contribution in [-0.2, 0) is 0 Å². The number of halogens is 2. The molecule has 194 valence electrons. The molecule has 0 amide bonds. The quantitative estimate of drug-likeness (QED) is 0.193. The molecule has 0 heterocycles. The van der Waals surface area contributed by atoms with Gasteiger partial charge in [0, 0.05) is 28.4 Å². The van der Waals surface area contributed by atoms with Crippen molar-refractivity contribution in [1.29, 1.82) is 0 Å². The first kappa shape index (κ1) is 25.8. The molecule has 4 heteroatoms. The van der Waals surface area contributed by atoms with E-state index < -0.39 is 0 Å². The molecule has 0 radical (unpaired) electrons. The van der Waals surface area contributed by atoms with Gasteiger partial charge < -0.3 is 9.80 Å². The van der Waals surface area contributed by atoms with Crippen molar-refractivity contribution < 1.29 is 0 Å². The van der Waals surface area contributed by atoms with E-state index in [9.17, 15) is 0 Å². The van der Waals surface area contributed by atoms with Gasteiger partial charge in [0.2, 0.25) is 0 Å². The first-order chi connectivity index (χ1) is 19.7. The second-order valence-corrected chi connectivity index (χ2v) is 10.1. The van der Waals surface area contributed by atoms with Crippen LogP contribution in [-0.4, -0.2) is 0 Å². The minimum Gasteiger partial charge on any atom is -0.310 e. The van der Waals surface area contributed by atoms with Gasteiger partial charge in [0.1, 0.15) is 0 Å². The summed E-state index contributed by atoms with van der Waals surface area (Å²) in [4.78, 5) is 4.40.